The lowest BCUT2D eigenvalue weighted by Crippen LogP contribution is -2.35. The fourth-order valence-corrected chi connectivity index (χ4v) is 2.44. The Labute approximate surface area is 163 Å². The number of carbonyl (C=O) groups is 2. The highest BCUT2D eigenvalue weighted by Gasteiger charge is 2.19. The van der Waals surface area contributed by atoms with Crippen LogP contribution in [-0.4, -0.2) is 18.0 Å². The highest BCUT2D eigenvalue weighted by molar-refractivity contribution is 5.92. The molecule has 0 bridgehead atoms. The van der Waals surface area contributed by atoms with Crippen molar-refractivity contribution in [2.75, 3.05) is 0 Å². The number of ether oxygens (including phenoxy) is 2. The minimum atomic E-state index is -0.920. The molecule has 0 saturated heterocycles. The average molecular weight is 379 g/mol. The lowest BCUT2D eigenvalue weighted by atomic mass is 10.2. The SMILES string of the molecule is C[C@@H](OC(=O)c1ccc(OCc2ccccc2)cc1)C(=O)NCc1ccco1. The molecule has 1 amide bonds. The van der Waals surface area contributed by atoms with E-state index in [1.165, 1.54) is 13.2 Å². The Hall–Kier alpha value is -3.54. The molecule has 1 aromatic heterocycles. The Morgan fingerprint density at radius 2 is 1.75 bits per heavy atom. The van der Waals surface area contributed by atoms with Crippen molar-refractivity contribution in [3.05, 3.63) is 89.9 Å². The Kier molecular flexibility index (Phi) is 6.46. The van der Waals surface area contributed by atoms with E-state index in [-0.39, 0.29) is 6.54 Å². The largest absolute Gasteiger partial charge is 0.489 e. The fraction of sp³-hybridized carbons (Fsp3) is 0.182. The van der Waals surface area contributed by atoms with Crippen LogP contribution >= 0.6 is 0 Å². The number of hydrogen-bond acceptors (Lipinski definition) is 5. The molecule has 3 aromatic rings. The van der Waals surface area contributed by atoms with Gasteiger partial charge in [0.1, 0.15) is 18.1 Å². The van der Waals surface area contributed by atoms with Gasteiger partial charge in [0.25, 0.3) is 5.91 Å². The third-order valence-electron chi connectivity index (χ3n) is 4.01. The molecule has 0 radical (unpaired) electrons. The van der Waals surface area contributed by atoms with Gasteiger partial charge in [0.2, 0.25) is 0 Å². The molecule has 0 spiro atoms. The normalized spacial score (nSPS) is 11.5. The van der Waals surface area contributed by atoms with Crippen molar-refractivity contribution in [2.24, 2.45) is 0 Å². The smallest absolute Gasteiger partial charge is 0.338 e. The van der Waals surface area contributed by atoms with Crippen LogP contribution in [0.25, 0.3) is 0 Å². The molecule has 0 aliphatic rings. The summed E-state index contributed by atoms with van der Waals surface area (Å²) in [6, 6.07) is 19.9. The van der Waals surface area contributed by atoms with Gasteiger partial charge in [-0.05, 0) is 48.9 Å². The van der Waals surface area contributed by atoms with E-state index in [0.29, 0.717) is 23.7 Å². The highest BCUT2D eigenvalue weighted by Crippen LogP contribution is 2.15. The van der Waals surface area contributed by atoms with E-state index in [1.807, 2.05) is 30.3 Å². The molecular formula is C22H21NO5. The van der Waals surface area contributed by atoms with Crippen LogP contribution in [0.4, 0.5) is 0 Å². The first-order valence-electron chi connectivity index (χ1n) is 8.89. The zero-order valence-electron chi connectivity index (χ0n) is 15.5. The molecule has 0 fully saturated rings. The topological polar surface area (TPSA) is 77.8 Å². The Balaban J connectivity index is 1.47. The monoisotopic (exact) mass is 379 g/mol. The van der Waals surface area contributed by atoms with Gasteiger partial charge < -0.3 is 19.2 Å². The maximum absolute atomic E-state index is 12.2. The van der Waals surface area contributed by atoms with Crippen LogP contribution in [0.2, 0.25) is 0 Å². The third kappa shape index (κ3) is 5.48. The summed E-state index contributed by atoms with van der Waals surface area (Å²) in [5.41, 5.74) is 1.40. The van der Waals surface area contributed by atoms with Crippen molar-refractivity contribution in [3.63, 3.8) is 0 Å². The lowest BCUT2D eigenvalue weighted by molar-refractivity contribution is -0.129. The molecular weight excluding hydrogens is 358 g/mol. The fourth-order valence-electron chi connectivity index (χ4n) is 2.44. The van der Waals surface area contributed by atoms with E-state index < -0.39 is 18.0 Å². The van der Waals surface area contributed by atoms with E-state index in [0.717, 1.165) is 5.56 Å². The Morgan fingerprint density at radius 3 is 2.43 bits per heavy atom. The maximum atomic E-state index is 12.2. The first-order valence-corrected chi connectivity index (χ1v) is 8.89. The second kappa shape index (κ2) is 9.41. The summed E-state index contributed by atoms with van der Waals surface area (Å²) < 4.78 is 16.0. The summed E-state index contributed by atoms with van der Waals surface area (Å²) >= 11 is 0. The van der Waals surface area contributed by atoms with Crippen LogP contribution in [0.15, 0.2) is 77.4 Å². The van der Waals surface area contributed by atoms with Crippen molar-refractivity contribution in [1.29, 1.82) is 0 Å². The van der Waals surface area contributed by atoms with Gasteiger partial charge >= 0.3 is 5.97 Å². The quantitative estimate of drug-likeness (QED) is 0.604. The summed E-state index contributed by atoms with van der Waals surface area (Å²) in [4.78, 5) is 24.3. The molecule has 0 aliphatic carbocycles. The number of nitrogens with one attached hydrogen (secondary N) is 1. The van der Waals surface area contributed by atoms with E-state index in [1.54, 1.807) is 36.4 Å². The van der Waals surface area contributed by atoms with Gasteiger partial charge in [0.05, 0.1) is 18.4 Å². The number of benzene rings is 2. The molecule has 28 heavy (non-hydrogen) atoms. The Bertz CT molecular complexity index is 888. The molecule has 0 saturated carbocycles. The number of amides is 1. The minimum absolute atomic E-state index is 0.237. The highest BCUT2D eigenvalue weighted by atomic mass is 16.5. The van der Waals surface area contributed by atoms with Crippen LogP contribution in [-0.2, 0) is 22.7 Å². The molecule has 1 atom stereocenters. The van der Waals surface area contributed by atoms with Gasteiger partial charge in [-0.1, -0.05) is 30.3 Å². The molecule has 6 heteroatoms. The van der Waals surface area contributed by atoms with Gasteiger partial charge in [-0.2, -0.15) is 0 Å². The number of hydrogen-bond donors (Lipinski definition) is 1. The first-order chi connectivity index (χ1) is 13.6. The third-order valence-corrected chi connectivity index (χ3v) is 4.01. The molecule has 1 N–H and O–H groups in total. The van der Waals surface area contributed by atoms with Gasteiger partial charge in [0.15, 0.2) is 6.10 Å². The number of esters is 1. The van der Waals surface area contributed by atoms with Crippen molar-refractivity contribution in [2.45, 2.75) is 26.2 Å². The second-order valence-corrected chi connectivity index (χ2v) is 6.14. The van der Waals surface area contributed by atoms with Crippen molar-refractivity contribution < 1.29 is 23.5 Å². The zero-order valence-corrected chi connectivity index (χ0v) is 15.5. The number of rotatable bonds is 8. The molecule has 6 nitrogen and oxygen atoms in total. The van der Waals surface area contributed by atoms with Crippen molar-refractivity contribution in [3.8, 4) is 5.75 Å². The second-order valence-electron chi connectivity index (χ2n) is 6.14. The average Bonchev–Trinajstić information content (AvgIpc) is 3.25. The minimum Gasteiger partial charge on any atom is -0.489 e. The van der Waals surface area contributed by atoms with Crippen LogP contribution < -0.4 is 10.1 Å². The summed E-state index contributed by atoms with van der Waals surface area (Å²) in [7, 11) is 0. The van der Waals surface area contributed by atoms with E-state index in [2.05, 4.69) is 5.32 Å². The summed E-state index contributed by atoms with van der Waals surface area (Å²) in [5, 5.41) is 2.65. The molecule has 0 unspecified atom stereocenters. The lowest BCUT2D eigenvalue weighted by Gasteiger charge is -2.13. The van der Waals surface area contributed by atoms with Crippen LogP contribution in [0.3, 0.4) is 0 Å². The maximum Gasteiger partial charge on any atom is 0.338 e. The Morgan fingerprint density at radius 1 is 1.00 bits per heavy atom. The molecule has 144 valence electrons. The summed E-state index contributed by atoms with van der Waals surface area (Å²) in [6.45, 7) is 2.20. The summed E-state index contributed by atoms with van der Waals surface area (Å²) in [6.07, 6.45) is 0.606. The predicted octanol–water partition coefficient (Wildman–Crippen LogP) is 3.72. The van der Waals surface area contributed by atoms with E-state index in [4.69, 9.17) is 13.9 Å². The van der Waals surface area contributed by atoms with Crippen molar-refractivity contribution in [1.82, 2.24) is 5.32 Å². The molecule has 2 aromatic carbocycles. The molecule has 0 aliphatic heterocycles. The number of furan rings is 1. The van der Waals surface area contributed by atoms with Crippen molar-refractivity contribution >= 4 is 11.9 Å². The summed E-state index contributed by atoms with van der Waals surface area (Å²) in [5.74, 6) is 0.297. The number of carbonyl (C=O) groups excluding carboxylic acids is 2. The van der Waals surface area contributed by atoms with E-state index in [9.17, 15) is 9.59 Å². The first kappa shape index (κ1) is 19.2. The standard InChI is InChI=1S/C22H21NO5/c1-16(21(24)23-14-20-8-5-13-26-20)28-22(25)18-9-11-19(12-10-18)27-15-17-6-3-2-4-7-17/h2-13,16H,14-15H2,1H3,(H,23,24)/t16-/m1/s1. The predicted molar refractivity (Wildman–Crippen MR) is 103 cm³/mol. The van der Waals surface area contributed by atoms with E-state index >= 15 is 0 Å². The van der Waals surface area contributed by atoms with Gasteiger partial charge in [-0.15, -0.1) is 0 Å². The zero-order chi connectivity index (χ0) is 19.8. The van der Waals surface area contributed by atoms with Gasteiger partial charge in [-0.3, -0.25) is 4.79 Å². The molecule has 1 heterocycles. The van der Waals surface area contributed by atoms with Crippen LogP contribution in [0, 0.1) is 0 Å². The van der Waals surface area contributed by atoms with Gasteiger partial charge in [-0.25, -0.2) is 4.79 Å². The van der Waals surface area contributed by atoms with Crippen LogP contribution in [0.1, 0.15) is 28.6 Å². The molecule has 3 rings (SSSR count). The van der Waals surface area contributed by atoms with Crippen LogP contribution in [0.5, 0.6) is 5.75 Å². The van der Waals surface area contributed by atoms with Gasteiger partial charge in [0, 0.05) is 0 Å².